The summed E-state index contributed by atoms with van der Waals surface area (Å²) in [5.74, 6) is 0. The predicted octanol–water partition coefficient (Wildman–Crippen LogP) is 7.08. The Hall–Kier alpha value is 0. The molecule has 0 aliphatic rings. The maximum atomic E-state index is 2.36. The lowest BCUT2D eigenvalue weighted by molar-refractivity contribution is 0.301. The van der Waals surface area contributed by atoms with E-state index in [0.717, 1.165) is 0 Å². The Balaban J connectivity index is -0.0000000864. The van der Waals surface area contributed by atoms with Crippen LogP contribution < -0.4 is 0 Å². The fourth-order valence-electron chi connectivity index (χ4n) is 1.48. The van der Waals surface area contributed by atoms with Crippen LogP contribution in [0.5, 0.6) is 0 Å². The van der Waals surface area contributed by atoms with Gasteiger partial charge in [-0.25, -0.2) is 0 Å². The minimum atomic E-state index is 0.601. The van der Waals surface area contributed by atoms with Crippen molar-refractivity contribution < 1.29 is 0 Å². The van der Waals surface area contributed by atoms with Crippen LogP contribution in [0.15, 0.2) is 0 Å². The van der Waals surface area contributed by atoms with Crippen LogP contribution in [0.1, 0.15) is 101 Å². The Bertz CT molecular complexity index is 64.1. The van der Waals surface area contributed by atoms with Gasteiger partial charge in [0.2, 0.25) is 0 Å². The van der Waals surface area contributed by atoms with Crippen LogP contribution in [0.25, 0.3) is 0 Å². The maximum Gasteiger partial charge on any atom is -0.0354 e. The zero-order valence-electron chi connectivity index (χ0n) is 14.0. The summed E-state index contributed by atoms with van der Waals surface area (Å²) in [5.41, 5.74) is 0.601. The minimum absolute atomic E-state index is 0.601. The quantitative estimate of drug-likeness (QED) is 0.485. The first-order chi connectivity index (χ1) is 7.54. The number of hydrogen-bond acceptors (Lipinski definition) is 0. The average molecular weight is 232 g/mol. The molecule has 0 N–H and O–H groups in total. The van der Waals surface area contributed by atoms with E-state index in [-0.39, 0.29) is 0 Å². The molecule has 16 heavy (non-hydrogen) atoms. The normalized spacial score (nSPS) is 8.62. The highest BCUT2D eigenvalue weighted by Gasteiger charge is 2.13. The molecule has 0 radical (unpaired) electrons. The SMILES string of the molecule is CC.CC.CCC.CCCC(C)(C)CCC. The Morgan fingerprint density at radius 3 is 0.938 bits per heavy atom. The number of hydrogen-bond donors (Lipinski definition) is 0. The van der Waals surface area contributed by atoms with E-state index in [1.807, 2.05) is 27.7 Å². The topological polar surface area (TPSA) is 0 Å². The van der Waals surface area contributed by atoms with Crippen molar-refractivity contribution in [1.29, 1.82) is 0 Å². The smallest absolute Gasteiger partial charge is 0.0354 e. The van der Waals surface area contributed by atoms with Gasteiger partial charge in [0.25, 0.3) is 0 Å². The average Bonchev–Trinajstić information content (AvgIpc) is 2.24. The molecule has 0 rings (SSSR count). The fourth-order valence-corrected chi connectivity index (χ4v) is 1.48. The molecular formula is C16H40. The van der Waals surface area contributed by atoms with Crippen LogP contribution in [-0.4, -0.2) is 0 Å². The van der Waals surface area contributed by atoms with E-state index in [4.69, 9.17) is 0 Å². The van der Waals surface area contributed by atoms with E-state index in [1.165, 1.54) is 32.1 Å². The van der Waals surface area contributed by atoms with Crippen molar-refractivity contribution in [2.75, 3.05) is 0 Å². The molecule has 0 saturated heterocycles. The largest absolute Gasteiger partial charge is 0.0683 e. The molecule has 0 aromatic heterocycles. The first-order valence-electron chi connectivity index (χ1n) is 7.54. The molecule has 0 heterocycles. The van der Waals surface area contributed by atoms with E-state index in [2.05, 4.69) is 41.5 Å². The zero-order chi connectivity index (χ0) is 14.0. The van der Waals surface area contributed by atoms with E-state index in [9.17, 15) is 0 Å². The Morgan fingerprint density at radius 1 is 0.625 bits per heavy atom. The van der Waals surface area contributed by atoms with Crippen molar-refractivity contribution in [3.63, 3.8) is 0 Å². The summed E-state index contributed by atoms with van der Waals surface area (Å²) in [4.78, 5) is 0. The molecule has 104 valence electrons. The van der Waals surface area contributed by atoms with Crippen molar-refractivity contribution in [2.45, 2.75) is 101 Å². The van der Waals surface area contributed by atoms with Gasteiger partial charge in [0, 0.05) is 0 Å². The first-order valence-corrected chi connectivity index (χ1v) is 7.54. The summed E-state index contributed by atoms with van der Waals surface area (Å²) in [5, 5.41) is 0. The Labute approximate surface area is 107 Å². The standard InChI is InChI=1S/C9H20.C3H8.2C2H6/c1-5-7-9(3,4)8-6-2;1-3-2;2*1-2/h5-8H2,1-4H3;3H2,1-2H3;2*1-2H3. The highest BCUT2D eigenvalue weighted by Crippen LogP contribution is 2.27. The van der Waals surface area contributed by atoms with Gasteiger partial charge in [-0.2, -0.15) is 0 Å². The minimum Gasteiger partial charge on any atom is -0.0683 e. The molecule has 0 unspecified atom stereocenters. The third-order valence-corrected chi connectivity index (χ3v) is 1.85. The van der Waals surface area contributed by atoms with Gasteiger partial charge < -0.3 is 0 Å². The molecule has 0 amide bonds. The van der Waals surface area contributed by atoms with Gasteiger partial charge in [-0.05, 0) is 18.3 Å². The molecule has 0 fully saturated rings. The molecule has 0 bridgehead atoms. The molecule has 0 spiro atoms. The molecule has 0 aliphatic carbocycles. The predicted molar refractivity (Wildman–Crippen MR) is 82.3 cm³/mol. The lowest BCUT2D eigenvalue weighted by atomic mass is 9.84. The Morgan fingerprint density at radius 2 is 0.812 bits per heavy atom. The summed E-state index contributed by atoms with van der Waals surface area (Å²) in [6.07, 6.45) is 6.65. The number of rotatable bonds is 4. The summed E-state index contributed by atoms with van der Waals surface area (Å²) < 4.78 is 0. The molecule has 0 saturated carbocycles. The van der Waals surface area contributed by atoms with Gasteiger partial charge in [0.15, 0.2) is 0 Å². The van der Waals surface area contributed by atoms with Gasteiger partial charge in [-0.15, -0.1) is 0 Å². The molecule has 0 aliphatic heterocycles. The lowest BCUT2D eigenvalue weighted by Gasteiger charge is -2.22. The highest BCUT2D eigenvalue weighted by atomic mass is 14.2. The molecule has 0 heteroatoms. The van der Waals surface area contributed by atoms with E-state index in [0.29, 0.717) is 5.41 Å². The second-order valence-corrected chi connectivity index (χ2v) is 4.37. The monoisotopic (exact) mass is 232 g/mol. The summed E-state index contributed by atoms with van der Waals surface area (Å²) in [6, 6.07) is 0. The zero-order valence-corrected chi connectivity index (χ0v) is 14.0. The first kappa shape index (κ1) is 25.0. The van der Waals surface area contributed by atoms with Gasteiger partial charge >= 0.3 is 0 Å². The lowest BCUT2D eigenvalue weighted by Crippen LogP contribution is -2.09. The van der Waals surface area contributed by atoms with Crippen molar-refractivity contribution in [3.05, 3.63) is 0 Å². The molecule has 0 nitrogen and oxygen atoms in total. The third-order valence-electron chi connectivity index (χ3n) is 1.85. The van der Waals surface area contributed by atoms with E-state index >= 15 is 0 Å². The fraction of sp³-hybridized carbons (Fsp3) is 1.00. The molecular weight excluding hydrogens is 192 g/mol. The van der Waals surface area contributed by atoms with Crippen LogP contribution in [0.4, 0.5) is 0 Å². The maximum absolute atomic E-state index is 2.36. The van der Waals surface area contributed by atoms with Gasteiger partial charge in [0.1, 0.15) is 0 Å². The van der Waals surface area contributed by atoms with Crippen LogP contribution in [0.3, 0.4) is 0 Å². The summed E-state index contributed by atoms with van der Waals surface area (Å²) >= 11 is 0. The van der Waals surface area contributed by atoms with E-state index in [1.54, 1.807) is 0 Å². The van der Waals surface area contributed by atoms with Gasteiger partial charge in [-0.3, -0.25) is 0 Å². The second-order valence-electron chi connectivity index (χ2n) is 4.37. The van der Waals surface area contributed by atoms with Crippen LogP contribution in [-0.2, 0) is 0 Å². The highest BCUT2D eigenvalue weighted by molar-refractivity contribution is 4.66. The summed E-state index contributed by atoms with van der Waals surface area (Å²) in [7, 11) is 0. The third kappa shape index (κ3) is 37.0. The van der Waals surface area contributed by atoms with Crippen LogP contribution in [0, 0.1) is 5.41 Å². The Kier molecular flexibility index (Phi) is 38.0. The van der Waals surface area contributed by atoms with Crippen LogP contribution >= 0.6 is 0 Å². The van der Waals surface area contributed by atoms with Crippen molar-refractivity contribution >= 4 is 0 Å². The molecule has 0 aromatic carbocycles. The van der Waals surface area contributed by atoms with Crippen molar-refractivity contribution in [1.82, 2.24) is 0 Å². The summed E-state index contributed by atoms with van der Waals surface area (Å²) in [6.45, 7) is 21.5. The van der Waals surface area contributed by atoms with Crippen molar-refractivity contribution in [3.8, 4) is 0 Å². The van der Waals surface area contributed by atoms with Gasteiger partial charge in [-0.1, -0.05) is 88.5 Å². The van der Waals surface area contributed by atoms with E-state index < -0.39 is 0 Å². The van der Waals surface area contributed by atoms with Gasteiger partial charge in [0.05, 0.1) is 0 Å². The van der Waals surface area contributed by atoms with Crippen molar-refractivity contribution in [2.24, 2.45) is 5.41 Å². The molecule has 0 atom stereocenters. The van der Waals surface area contributed by atoms with Crippen LogP contribution in [0.2, 0.25) is 0 Å². The molecule has 0 aromatic rings. The second kappa shape index (κ2) is 24.3.